The number of amides is 1. The van der Waals surface area contributed by atoms with Crippen LogP contribution in [0.2, 0.25) is 0 Å². The molecule has 1 aliphatic heterocycles. The molecular formula is C21H26N2O3. The summed E-state index contributed by atoms with van der Waals surface area (Å²) >= 11 is 0. The molecule has 26 heavy (non-hydrogen) atoms. The topological polar surface area (TPSA) is 73.6 Å². The second-order valence-corrected chi connectivity index (χ2v) is 6.58. The molecule has 0 unspecified atom stereocenters. The first-order chi connectivity index (χ1) is 12.7. The number of nitrogens with one attached hydrogen (secondary N) is 1. The summed E-state index contributed by atoms with van der Waals surface area (Å²) < 4.78 is 11.4. The molecule has 3 rings (SSSR count). The van der Waals surface area contributed by atoms with Crippen molar-refractivity contribution in [2.24, 2.45) is 5.73 Å². The molecule has 0 aromatic heterocycles. The lowest BCUT2D eigenvalue weighted by Gasteiger charge is -2.13. The predicted octanol–water partition coefficient (Wildman–Crippen LogP) is 2.53. The third kappa shape index (κ3) is 5.39. The van der Waals surface area contributed by atoms with Crippen LogP contribution < -0.4 is 11.1 Å². The van der Waals surface area contributed by atoms with Gasteiger partial charge in [0.1, 0.15) is 6.10 Å². The standard InChI is InChI=1S/C21H26N2O3/c22-12-19-9-10-20(26-19)21(24)23-13-17-7-4-8-18(11-17)15-25-14-16-5-2-1-3-6-16/h1-8,11,19-20H,9-10,12-15,22H2,(H,23,24)/t19-,20+/m1/s1. The van der Waals surface area contributed by atoms with Crippen LogP contribution in [0.15, 0.2) is 54.6 Å². The lowest BCUT2D eigenvalue weighted by atomic mass is 10.1. The Morgan fingerprint density at radius 1 is 1.04 bits per heavy atom. The summed E-state index contributed by atoms with van der Waals surface area (Å²) in [5.41, 5.74) is 8.88. The van der Waals surface area contributed by atoms with Crippen LogP contribution in [0.4, 0.5) is 0 Å². The number of ether oxygens (including phenoxy) is 2. The van der Waals surface area contributed by atoms with E-state index in [1.807, 2.05) is 48.5 Å². The molecule has 2 aromatic rings. The van der Waals surface area contributed by atoms with Crippen LogP contribution in [0.3, 0.4) is 0 Å². The van der Waals surface area contributed by atoms with Crippen molar-refractivity contribution in [2.75, 3.05) is 6.54 Å². The minimum atomic E-state index is -0.374. The Bertz CT molecular complexity index is 705. The highest BCUT2D eigenvalue weighted by atomic mass is 16.5. The molecule has 5 nitrogen and oxygen atoms in total. The molecule has 5 heteroatoms. The second kappa shape index (κ2) is 9.48. The molecule has 2 atom stereocenters. The van der Waals surface area contributed by atoms with Gasteiger partial charge in [-0.15, -0.1) is 0 Å². The van der Waals surface area contributed by atoms with Gasteiger partial charge in [-0.05, 0) is 29.5 Å². The van der Waals surface area contributed by atoms with Gasteiger partial charge in [0.15, 0.2) is 0 Å². The summed E-state index contributed by atoms with van der Waals surface area (Å²) in [7, 11) is 0. The molecule has 0 saturated carbocycles. The maximum atomic E-state index is 12.2. The van der Waals surface area contributed by atoms with Gasteiger partial charge in [0.05, 0.1) is 19.3 Å². The number of hydrogen-bond donors (Lipinski definition) is 2. The van der Waals surface area contributed by atoms with Crippen molar-refractivity contribution in [3.63, 3.8) is 0 Å². The number of carbonyl (C=O) groups excluding carboxylic acids is 1. The van der Waals surface area contributed by atoms with Gasteiger partial charge in [-0.3, -0.25) is 4.79 Å². The van der Waals surface area contributed by atoms with E-state index < -0.39 is 0 Å². The minimum Gasteiger partial charge on any atom is -0.372 e. The Morgan fingerprint density at radius 2 is 1.77 bits per heavy atom. The van der Waals surface area contributed by atoms with Crippen LogP contribution in [0.5, 0.6) is 0 Å². The molecule has 0 bridgehead atoms. The highest BCUT2D eigenvalue weighted by Crippen LogP contribution is 2.19. The van der Waals surface area contributed by atoms with E-state index in [9.17, 15) is 4.79 Å². The zero-order valence-electron chi connectivity index (χ0n) is 14.9. The summed E-state index contributed by atoms with van der Waals surface area (Å²) in [5.74, 6) is -0.0633. The highest BCUT2D eigenvalue weighted by Gasteiger charge is 2.29. The van der Waals surface area contributed by atoms with Crippen molar-refractivity contribution < 1.29 is 14.3 Å². The van der Waals surface area contributed by atoms with Gasteiger partial charge in [0.25, 0.3) is 0 Å². The SMILES string of the molecule is NC[C@H]1CC[C@@H](C(=O)NCc2cccc(COCc3ccccc3)c2)O1. The summed E-state index contributed by atoms with van der Waals surface area (Å²) in [4.78, 5) is 12.2. The summed E-state index contributed by atoms with van der Waals surface area (Å²) in [6.07, 6.45) is 1.22. The monoisotopic (exact) mass is 354 g/mol. The van der Waals surface area contributed by atoms with Crippen LogP contribution in [-0.4, -0.2) is 24.7 Å². The molecule has 138 valence electrons. The molecule has 1 fully saturated rings. The van der Waals surface area contributed by atoms with Crippen LogP contribution in [-0.2, 0) is 34.0 Å². The third-order valence-electron chi connectivity index (χ3n) is 4.50. The highest BCUT2D eigenvalue weighted by molar-refractivity contribution is 5.81. The summed E-state index contributed by atoms with van der Waals surface area (Å²) in [6.45, 7) is 2.08. The van der Waals surface area contributed by atoms with E-state index in [2.05, 4.69) is 11.4 Å². The maximum absolute atomic E-state index is 12.2. The first kappa shape index (κ1) is 18.6. The van der Waals surface area contributed by atoms with Crippen molar-refractivity contribution in [2.45, 2.75) is 44.8 Å². The second-order valence-electron chi connectivity index (χ2n) is 6.58. The van der Waals surface area contributed by atoms with Gasteiger partial charge in [-0.1, -0.05) is 54.6 Å². The Kier molecular flexibility index (Phi) is 6.77. The fourth-order valence-electron chi connectivity index (χ4n) is 3.07. The van der Waals surface area contributed by atoms with Crippen molar-refractivity contribution in [3.05, 3.63) is 71.3 Å². The molecule has 1 amide bonds. The van der Waals surface area contributed by atoms with Gasteiger partial charge in [0, 0.05) is 13.1 Å². The molecule has 0 aliphatic carbocycles. The molecule has 1 saturated heterocycles. The van der Waals surface area contributed by atoms with E-state index in [1.54, 1.807) is 0 Å². The Labute approximate surface area is 154 Å². The molecule has 3 N–H and O–H groups in total. The van der Waals surface area contributed by atoms with Gasteiger partial charge >= 0.3 is 0 Å². The van der Waals surface area contributed by atoms with E-state index in [1.165, 1.54) is 0 Å². The zero-order valence-corrected chi connectivity index (χ0v) is 14.9. The Morgan fingerprint density at radius 3 is 2.54 bits per heavy atom. The van der Waals surface area contributed by atoms with Gasteiger partial charge < -0.3 is 20.5 Å². The van der Waals surface area contributed by atoms with E-state index in [0.29, 0.717) is 26.3 Å². The first-order valence-electron chi connectivity index (χ1n) is 9.07. The fourth-order valence-corrected chi connectivity index (χ4v) is 3.07. The number of rotatable bonds is 8. The van der Waals surface area contributed by atoms with E-state index in [4.69, 9.17) is 15.2 Å². The normalized spacial score (nSPS) is 19.4. The smallest absolute Gasteiger partial charge is 0.249 e. The molecule has 1 heterocycles. The number of nitrogens with two attached hydrogens (primary N) is 1. The van der Waals surface area contributed by atoms with Crippen LogP contribution >= 0.6 is 0 Å². The Balaban J connectivity index is 1.44. The molecule has 1 aliphatic rings. The number of carbonyl (C=O) groups is 1. The van der Waals surface area contributed by atoms with E-state index >= 15 is 0 Å². The molecule has 2 aromatic carbocycles. The van der Waals surface area contributed by atoms with Gasteiger partial charge in [-0.2, -0.15) is 0 Å². The number of benzene rings is 2. The summed E-state index contributed by atoms with van der Waals surface area (Å²) in [5, 5.41) is 2.95. The minimum absolute atomic E-state index is 0.0100. The largest absolute Gasteiger partial charge is 0.372 e. The maximum Gasteiger partial charge on any atom is 0.249 e. The summed E-state index contributed by atoms with van der Waals surface area (Å²) in [6, 6.07) is 18.2. The van der Waals surface area contributed by atoms with Gasteiger partial charge in [-0.25, -0.2) is 0 Å². The average Bonchev–Trinajstić information content (AvgIpc) is 3.17. The zero-order chi connectivity index (χ0) is 18.2. The lowest BCUT2D eigenvalue weighted by Crippen LogP contribution is -2.35. The van der Waals surface area contributed by atoms with Crippen LogP contribution in [0.25, 0.3) is 0 Å². The van der Waals surface area contributed by atoms with E-state index in [-0.39, 0.29) is 18.1 Å². The lowest BCUT2D eigenvalue weighted by molar-refractivity contribution is -0.132. The quantitative estimate of drug-likeness (QED) is 0.764. The number of hydrogen-bond acceptors (Lipinski definition) is 4. The Hall–Kier alpha value is -2.21. The van der Waals surface area contributed by atoms with Gasteiger partial charge in [0.2, 0.25) is 5.91 Å². The van der Waals surface area contributed by atoms with Crippen LogP contribution in [0, 0.1) is 0 Å². The predicted molar refractivity (Wildman–Crippen MR) is 100 cm³/mol. The molecule has 0 radical (unpaired) electrons. The van der Waals surface area contributed by atoms with Crippen molar-refractivity contribution in [3.8, 4) is 0 Å². The average molecular weight is 354 g/mol. The van der Waals surface area contributed by atoms with Crippen molar-refractivity contribution in [1.82, 2.24) is 5.32 Å². The molecular weight excluding hydrogens is 328 g/mol. The first-order valence-corrected chi connectivity index (χ1v) is 9.07. The molecule has 0 spiro atoms. The fraction of sp³-hybridized carbons (Fsp3) is 0.381. The van der Waals surface area contributed by atoms with Crippen molar-refractivity contribution in [1.29, 1.82) is 0 Å². The van der Waals surface area contributed by atoms with E-state index in [0.717, 1.165) is 29.5 Å². The van der Waals surface area contributed by atoms with Crippen LogP contribution in [0.1, 0.15) is 29.5 Å². The van der Waals surface area contributed by atoms with Crippen molar-refractivity contribution >= 4 is 5.91 Å². The third-order valence-corrected chi connectivity index (χ3v) is 4.50.